The second kappa shape index (κ2) is 5.10. The predicted octanol–water partition coefficient (Wildman–Crippen LogP) is 1.07. The molecule has 100 valence electrons. The Balaban J connectivity index is 1.89. The van der Waals surface area contributed by atoms with Crippen molar-refractivity contribution in [2.24, 2.45) is 0 Å². The number of thiophene rings is 1. The van der Waals surface area contributed by atoms with Gasteiger partial charge < -0.3 is 14.4 Å². The number of anilines is 1. The van der Waals surface area contributed by atoms with Gasteiger partial charge in [-0.15, -0.1) is 11.3 Å². The van der Waals surface area contributed by atoms with Crippen LogP contribution < -0.4 is 4.90 Å². The minimum Gasteiger partial charge on any atom is -0.467 e. The second-order valence-electron chi connectivity index (χ2n) is 4.16. The van der Waals surface area contributed by atoms with Crippen LogP contribution in [0.3, 0.4) is 0 Å². The highest BCUT2D eigenvalue weighted by atomic mass is 32.1. The lowest BCUT2D eigenvalue weighted by atomic mass is 10.2. The zero-order chi connectivity index (χ0) is 13.2. The summed E-state index contributed by atoms with van der Waals surface area (Å²) < 4.78 is 11.2. The molecular weight excluding hydrogens is 266 g/mol. The Labute approximate surface area is 114 Å². The van der Waals surface area contributed by atoms with Crippen molar-refractivity contribution in [1.29, 1.82) is 0 Å². The molecule has 0 radical (unpaired) electrons. The van der Waals surface area contributed by atoms with Crippen molar-refractivity contribution >= 4 is 33.3 Å². The van der Waals surface area contributed by atoms with Crippen molar-refractivity contribution in [3.05, 3.63) is 17.8 Å². The van der Waals surface area contributed by atoms with E-state index in [1.165, 1.54) is 7.11 Å². The number of morpholine rings is 1. The first-order chi connectivity index (χ1) is 9.29. The average Bonchev–Trinajstić information content (AvgIpc) is 2.94. The zero-order valence-corrected chi connectivity index (χ0v) is 11.2. The lowest BCUT2D eigenvalue weighted by Gasteiger charge is -2.32. The highest BCUT2D eigenvalue weighted by Crippen LogP contribution is 2.28. The van der Waals surface area contributed by atoms with Crippen LogP contribution >= 0.6 is 11.3 Å². The first-order valence-corrected chi connectivity index (χ1v) is 6.80. The zero-order valence-electron chi connectivity index (χ0n) is 10.4. The number of hydrogen-bond acceptors (Lipinski definition) is 7. The summed E-state index contributed by atoms with van der Waals surface area (Å²) in [4.78, 5) is 22.2. The Hall–Kier alpha value is -1.73. The molecule has 1 saturated heterocycles. The fourth-order valence-corrected chi connectivity index (χ4v) is 2.98. The van der Waals surface area contributed by atoms with Crippen LogP contribution in [0.2, 0.25) is 0 Å². The number of fused-ring (bicyclic) bond motifs is 1. The molecule has 19 heavy (non-hydrogen) atoms. The molecule has 0 bridgehead atoms. The predicted molar refractivity (Wildman–Crippen MR) is 71.4 cm³/mol. The van der Waals surface area contributed by atoms with E-state index in [1.54, 1.807) is 17.7 Å². The van der Waals surface area contributed by atoms with Crippen molar-refractivity contribution in [3.8, 4) is 0 Å². The SMILES string of the molecule is COC(=O)C1CN(c2ncnc3ccsc23)CCO1. The lowest BCUT2D eigenvalue weighted by Crippen LogP contribution is -2.46. The number of methoxy groups -OCH3 is 1. The molecule has 1 aliphatic heterocycles. The van der Waals surface area contributed by atoms with Gasteiger partial charge in [-0.25, -0.2) is 14.8 Å². The van der Waals surface area contributed by atoms with Gasteiger partial charge in [0.2, 0.25) is 0 Å². The molecule has 3 rings (SSSR count). The van der Waals surface area contributed by atoms with Gasteiger partial charge >= 0.3 is 5.97 Å². The average molecular weight is 279 g/mol. The quantitative estimate of drug-likeness (QED) is 0.766. The monoisotopic (exact) mass is 279 g/mol. The van der Waals surface area contributed by atoms with Crippen molar-refractivity contribution in [1.82, 2.24) is 9.97 Å². The molecule has 2 aromatic heterocycles. The first-order valence-electron chi connectivity index (χ1n) is 5.92. The molecule has 0 spiro atoms. The molecule has 0 aliphatic carbocycles. The Bertz CT molecular complexity index is 601. The summed E-state index contributed by atoms with van der Waals surface area (Å²) in [6.07, 6.45) is 0.997. The molecule has 1 atom stereocenters. The smallest absolute Gasteiger partial charge is 0.336 e. The van der Waals surface area contributed by atoms with E-state index in [4.69, 9.17) is 9.47 Å². The largest absolute Gasteiger partial charge is 0.467 e. The normalized spacial score (nSPS) is 19.6. The molecule has 6 nitrogen and oxygen atoms in total. The molecule has 1 fully saturated rings. The molecule has 7 heteroatoms. The third kappa shape index (κ3) is 2.26. The van der Waals surface area contributed by atoms with Crippen LogP contribution in [0, 0.1) is 0 Å². The molecule has 0 N–H and O–H groups in total. The van der Waals surface area contributed by atoms with E-state index in [-0.39, 0.29) is 5.97 Å². The topological polar surface area (TPSA) is 64.5 Å². The highest BCUT2D eigenvalue weighted by molar-refractivity contribution is 7.17. The summed E-state index contributed by atoms with van der Waals surface area (Å²) in [5, 5.41) is 1.99. The highest BCUT2D eigenvalue weighted by Gasteiger charge is 2.29. The Morgan fingerprint density at radius 2 is 2.47 bits per heavy atom. The minimum atomic E-state index is -0.552. The number of rotatable bonds is 2. The summed E-state index contributed by atoms with van der Waals surface area (Å²) in [6, 6.07) is 1.96. The van der Waals surface area contributed by atoms with E-state index < -0.39 is 6.10 Å². The van der Waals surface area contributed by atoms with Gasteiger partial charge in [-0.05, 0) is 11.4 Å². The van der Waals surface area contributed by atoms with Crippen LogP contribution in [0.15, 0.2) is 17.8 Å². The molecule has 2 aromatic rings. The second-order valence-corrected chi connectivity index (χ2v) is 5.08. The molecule has 0 amide bonds. The van der Waals surface area contributed by atoms with Gasteiger partial charge in [-0.1, -0.05) is 0 Å². The maximum Gasteiger partial charge on any atom is 0.336 e. The van der Waals surface area contributed by atoms with Gasteiger partial charge in [-0.2, -0.15) is 0 Å². The number of ether oxygens (including phenoxy) is 2. The fraction of sp³-hybridized carbons (Fsp3) is 0.417. The maximum absolute atomic E-state index is 11.6. The van der Waals surface area contributed by atoms with Crippen LogP contribution in [-0.4, -0.2) is 48.8 Å². The van der Waals surface area contributed by atoms with E-state index in [9.17, 15) is 4.79 Å². The van der Waals surface area contributed by atoms with Gasteiger partial charge in [0.05, 0.1) is 30.5 Å². The number of hydrogen-bond donors (Lipinski definition) is 0. The van der Waals surface area contributed by atoms with Crippen LogP contribution in [0.5, 0.6) is 0 Å². The fourth-order valence-electron chi connectivity index (χ4n) is 2.12. The Kier molecular flexibility index (Phi) is 3.31. The number of aromatic nitrogens is 2. The first kappa shape index (κ1) is 12.3. The third-order valence-corrected chi connectivity index (χ3v) is 3.95. The van der Waals surface area contributed by atoms with Crippen LogP contribution in [0.4, 0.5) is 5.82 Å². The summed E-state index contributed by atoms with van der Waals surface area (Å²) in [5.41, 5.74) is 0.927. The summed E-state index contributed by atoms with van der Waals surface area (Å²) in [7, 11) is 1.37. The molecule has 3 heterocycles. The Morgan fingerprint density at radius 1 is 1.58 bits per heavy atom. The molecular formula is C12H13N3O3S. The van der Waals surface area contributed by atoms with Crippen LogP contribution in [0.25, 0.3) is 10.2 Å². The van der Waals surface area contributed by atoms with E-state index in [0.717, 1.165) is 16.0 Å². The van der Waals surface area contributed by atoms with E-state index in [2.05, 4.69) is 9.97 Å². The Morgan fingerprint density at radius 3 is 3.32 bits per heavy atom. The third-order valence-electron chi connectivity index (χ3n) is 3.05. The van der Waals surface area contributed by atoms with Crippen molar-refractivity contribution in [2.75, 3.05) is 31.7 Å². The maximum atomic E-state index is 11.6. The van der Waals surface area contributed by atoms with Gasteiger partial charge in [-0.3, -0.25) is 0 Å². The van der Waals surface area contributed by atoms with Gasteiger partial charge in [0.15, 0.2) is 6.10 Å². The standard InChI is InChI=1S/C12H13N3O3S/c1-17-12(16)9-6-15(3-4-18-9)11-10-8(2-5-19-10)13-7-14-11/h2,5,7,9H,3-4,6H2,1H3. The molecule has 0 saturated carbocycles. The van der Waals surface area contributed by atoms with Gasteiger partial charge in [0.25, 0.3) is 0 Å². The molecule has 1 aliphatic rings. The van der Waals surface area contributed by atoms with Crippen LogP contribution in [0.1, 0.15) is 0 Å². The minimum absolute atomic E-state index is 0.346. The van der Waals surface area contributed by atoms with E-state index >= 15 is 0 Å². The number of nitrogens with zero attached hydrogens (tertiary/aromatic N) is 3. The summed E-state index contributed by atoms with van der Waals surface area (Å²) in [5.74, 6) is 0.512. The summed E-state index contributed by atoms with van der Waals surface area (Å²) in [6.45, 7) is 1.64. The summed E-state index contributed by atoms with van der Waals surface area (Å²) >= 11 is 1.60. The lowest BCUT2D eigenvalue weighted by molar-refractivity contribution is -0.154. The van der Waals surface area contributed by atoms with Crippen LogP contribution in [-0.2, 0) is 14.3 Å². The number of carbonyl (C=O) groups is 1. The van der Waals surface area contributed by atoms with E-state index in [1.807, 2.05) is 16.3 Å². The van der Waals surface area contributed by atoms with Gasteiger partial charge in [0, 0.05) is 6.54 Å². The van der Waals surface area contributed by atoms with Crippen molar-refractivity contribution in [2.45, 2.75) is 6.10 Å². The molecule has 1 unspecified atom stereocenters. The van der Waals surface area contributed by atoms with E-state index in [0.29, 0.717) is 19.7 Å². The van der Waals surface area contributed by atoms with Crippen molar-refractivity contribution < 1.29 is 14.3 Å². The molecule has 0 aromatic carbocycles. The van der Waals surface area contributed by atoms with Crippen molar-refractivity contribution in [3.63, 3.8) is 0 Å². The number of carbonyl (C=O) groups excluding carboxylic acids is 1. The van der Waals surface area contributed by atoms with Gasteiger partial charge in [0.1, 0.15) is 12.1 Å². The number of esters is 1.